The Kier molecular flexibility index (Phi) is 3.00. The number of aromatic amines is 1. The molecule has 0 amide bonds. The molecular formula is C8H5Cl3N4. The average molecular weight is 264 g/mol. The van der Waals surface area contributed by atoms with Gasteiger partial charge in [0.1, 0.15) is 0 Å². The van der Waals surface area contributed by atoms with E-state index in [0.717, 1.165) is 0 Å². The summed E-state index contributed by atoms with van der Waals surface area (Å²) >= 11 is 17.2. The molecule has 0 bridgehead atoms. The second-order valence-electron chi connectivity index (χ2n) is 2.73. The molecule has 1 aromatic heterocycles. The minimum absolute atomic E-state index is 0.214. The minimum Gasteiger partial charge on any atom is -0.323 e. The van der Waals surface area contributed by atoms with Crippen molar-refractivity contribution in [2.75, 3.05) is 5.32 Å². The van der Waals surface area contributed by atoms with Crippen molar-refractivity contribution in [3.8, 4) is 0 Å². The maximum Gasteiger partial charge on any atom is 0.247 e. The number of rotatable bonds is 2. The average Bonchev–Trinajstić information content (AvgIpc) is 2.49. The third-order valence-corrected chi connectivity index (χ3v) is 2.18. The molecule has 4 nitrogen and oxygen atoms in total. The summed E-state index contributed by atoms with van der Waals surface area (Å²) in [6.07, 6.45) is 0. The molecule has 0 aliphatic heterocycles. The van der Waals surface area contributed by atoms with Crippen molar-refractivity contribution in [2.24, 2.45) is 0 Å². The molecule has 0 aliphatic rings. The van der Waals surface area contributed by atoms with Gasteiger partial charge in [-0.3, -0.25) is 0 Å². The number of hydrogen-bond acceptors (Lipinski definition) is 3. The minimum atomic E-state index is 0.214. The van der Waals surface area contributed by atoms with E-state index < -0.39 is 0 Å². The number of halogens is 3. The summed E-state index contributed by atoms with van der Waals surface area (Å²) < 4.78 is 0. The molecule has 0 saturated heterocycles. The van der Waals surface area contributed by atoms with E-state index >= 15 is 0 Å². The first-order valence-corrected chi connectivity index (χ1v) is 5.08. The molecule has 78 valence electrons. The van der Waals surface area contributed by atoms with Gasteiger partial charge in [0.25, 0.3) is 0 Å². The Hall–Kier alpha value is -0.970. The summed E-state index contributed by atoms with van der Waals surface area (Å²) in [5.41, 5.74) is 0.697. The predicted octanol–water partition coefficient (Wildman–Crippen LogP) is 3.51. The highest BCUT2D eigenvalue weighted by molar-refractivity contribution is 6.35. The number of H-pyrrole nitrogens is 1. The van der Waals surface area contributed by atoms with E-state index in [9.17, 15) is 0 Å². The van der Waals surface area contributed by atoms with E-state index in [1.165, 1.54) is 0 Å². The molecule has 0 atom stereocenters. The van der Waals surface area contributed by atoms with E-state index in [4.69, 9.17) is 34.8 Å². The van der Waals surface area contributed by atoms with Crippen LogP contribution in [0.4, 0.5) is 11.6 Å². The van der Waals surface area contributed by atoms with Crippen LogP contribution in [-0.4, -0.2) is 15.2 Å². The molecule has 2 rings (SSSR count). The molecule has 1 aromatic carbocycles. The monoisotopic (exact) mass is 262 g/mol. The number of nitrogens with one attached hydrogen (secondary N) is 2. The fourth-order valence-electron chi connectivity index (χ4n) is 1.05. The van der Waals surface area contributed by atoms with E-state index in [-0.39, 0.29) is 5.28 Å². The van der Waals surface area contributed by atoms with Crippen LogP contribution in [0.1, 0.15) is 0 Å². The smallest absolute Gasteiger partial charge is 0.247 e. The number of benzene rings is 1. The van der Waals surface area contributed by atoms with Crippen molar-refractivity contribution in [3.63, 3.8) is 0 Å². The molecule has 0 spiro atoms. The van der Waals surface area contributed by atoms with Crippen LogP contribution in [0.2, 0.25) is 15.3 Å². The number of hydrogen-bond donors (Lipinski definition) is 2. The van der Waals surface area contributed by atoms with E-state index in [2.05, 4.69) is 20.5 Å². The summed E-state index contributed by atoms with van der Waals surface area (Å²) in [5, 5.41) is 10.5. The topological polar surface area (TPSA) is 53.6 Å². The first-order chi connectivity index (χ1) is 7.13. The van der Waals surface area contributed by atoms with Crippen LogP contribution in [0, 0.1) is 0 Å². The number of aromatic nitrogens is 3. The maximum atomic E-state index is 5.82. The van der Waals surface area contributed by atoms with Crippen LogP contribution in [-0.2, 0) is 0 Å². The molecule has 1 heterocycles. The van der Waals surface area contributed by atoms with Crippen molar-refractivity contribution in [3.05, 3.63) is 33.5 Å². The first-order valence-electron chi connectivity index (χ1n) is 3.94. The standard InChI is InChI=1S/C8H5Cl3N4/c9-4-1-5(10)3-6(2-4)12-8-13-7(11)14-15-8/h1-3H,(H2,12,13,14,15). The van der Waals surface area contributed by atoms with Crippen LogP contribution in [0.3, 0.4) is 0 Å². The lowest BCUT2D eigenvalue weighted by Crippen LogP contribution is -1.92. The number of anilines is 2. The quantitative estimate of drug-likeness (QED) is 0.872. The molecule has 0 aliphatic carbocycles. The summed E-state index contributed by atoms with van der Waals surface area (Å²) in [4.78, 5) is 3.87. The summed E-state index contributed by atoms with van der Waals surface area (Å²) in [7, 11) is 0. The van der Waals surface area contributed by atoms with E-state index in [0.29, 0.717) is 21.7 Å². The molecule has 7 heteroatoms. The zero-order valence-electron chi connectivity index (χ0n) is 7.26. The Labute approximate surface area is 101 Å². The molecule has 0 fully saturated rings. The number of nitrogens with zero attached hydrogens (tertiary/aromatic N) is 2. The van der Waals surface area contributed by atoms with Crippen molar-refractivity contribution in [1.29, 1.82) is 0 Å². The Morgan fingerprint density at radius 1 is 1.07 bits per heavy atom. The van der Waals surface area contributed by atoms with Gasteiger partial charge in [-0.05, 0) is 29.8 Å². The van der Waals surface area contributed by atoms with Crippen molar-refractivity contribution in [1.82, 2.24) is 15.2 Å². The van der Waals surface area contributed by atoms with Gasteiger partial charge in [0.05, 0.1) is 0 Å². The molecule has 0 unspecified atom stereocenters. The van der Waals surface area contributed by atoms with Gasteiger partial charge in [0.15, 0.2) is 0 Å². The highest BCUT2D eigenvalue weighted by Crippen LogP contribution is 2.24. The summed E-state index contributed by atoms with van der Waals surface area (Å²) in [6.45, 7) is 0. The van der Waals surface area contributed by atoms with Crippen molar-refractivity contribution >= 4 is 46.4 Å². The second-order valence-corrected chi connectivity index (χ2v) is 3.96. The highest BCUT2D eigenvalue weighted by atomic mass is 35.5. The zero-order chi connectivity index (χ0) is 10.8. The fraction of sp³-hybridized carbons (Fsp3) is 0. The molecule has 2 aromatic rings. The van der Waals surface area contributed by atoms with E-state index in [1.807, 2.05) is 0 Å². The summed E-state index contributed by atoms with van der Waals surface area (Å²) in [6, 6.07) is 5.05. The van der Waals surface area contributed by atoms with Gasteiger partial charge in [0, 0.05) is 15.7 Å². The van der Waals surface area contributed by atoms with Gasteiger partial charge in [-0.2, -0.15) is 4.98 Å². The van der Waals surface area contributed by atoms with Crippen LogP contribution >= 0.6 is 34.8 Å². The zero-order valence-corrected chi connectivity index (χ0v) is 9.53. The molecular weight excluding hydrogens is 258 g/mol. The third-order valence-electron chi connectivity index (χ3n) is 1.58. The van der Waals surface area contributed by atoms with E-state index in [1.54, 1.807) is 18.2 Å². The Bertz CT molecular complexity index is 462. The highest BCUT2D eigenvalue weighted by Gasteiger charge is 2.02. The van der Waals surface area contributed by atoms with Crippen LogP contribution in [0.5, 0.6) is 0 Å². The van der Waals surface area contributed by atoms with Crippen molar-refractivity contribution < 1.29 is 0 Å². The van der Waals surface area contributed by atoms with Crippen molar-refractivity contribution in [2.45, 2.75) is 0 Å². The Balaban J connectivity index is 2.24. The Morgan fingerprint density at radius 2 is 1.73 bits per heavy atom. The molecule has 15 heavy (non-hydrogen) atoms. The Morgan fingerprint density at radius 3 is 2.27 bits per heavy atom. The predicted molar refractivity (Wildman–Crippen MR) is 61.1 cm³/mol. The van der Waals surface area contributed by atoms with Crippen LogP contribution in [0.15, 0.2) is 18.2 Å². The first kappa shape index (κ1) is 10.5. The summed E-state index contributed by atoms with van der Waals surface area (Å²) in [5.74, 6) is 0.360. The largest absolute Gasteiger partial charge is 0.323 e. The van der Waals surface area contributed by atoms with Gasteiger partial charge >= 0.3 is 0 Å². The lowest BCUT2D eigenvalue weighted by molar-refractivity contribution is 1.09. The van der Waals surface area contributed by atoms with Gasteiger partial charge in [-0.25, -0.2) is 5.10 Å². The van der Waals surface area contributed by atoms with Crippen LogP contribution in [0.25, 0.3) is 0 Å². The third kappa shape index (κ3) is 2.75. The SMILES string of the molecule is Clc1cc(Cl)cc(Nc2n[nH]c(Cl)n2)c1. The second kappa shape index (κ2) is 4.26. The fourth-order valence-corrected chi connectivity index (χ4v) is 1.70. The lowest BCUT2D eigenvalue weighted by atomic mass is 10.3. The van der Waals surface area contributed by atoms with Crippen LogP contribution < -0.4 is 5.32 Å². The normalized spacial score (nSPS) is 10.3. The van der Waals surface area contributed by atoms with Gasteiger partial charge in [0.2, 0.25) is 11.2 Å². The lowest BCUT2D eigenvalue weighted by Gasteiger charge is -2.02. The van der Waals surface area contributed by atoms with Gasteiger partial charge < -0.3 is 5.32 Å². The van der Waals surface area contributed by atoms with Gasteiger partial charge in [-0.1, -0.05) is 23.2 Å². The molecule has 2 N–H and O–H groups in total. The molecule has 0 saturated carbocycles. The van der Waals surface area contributed by atoms with Gasteiger partial charge in [-0.15, -0.1) is 5.10 Å². The maximum absolute atomic E-state index is 5.82. The molecule has 0 radical (unpaired) electrons.